The van der Waals surface area contributed by atoms with Gasteiger partial charge >= 0.3 is 0 Å². The van der Waals surface area contributed by atoms with Crippen LogP contribution in [0.5, 0.6) is 0 Å². The lowest BCUT2D eigenvalue weighted by atomic mass is 10.1. The van der Waals surface area contributed by atoms with Crippen molar-refractivity contribution >= 4 is 11.6 Å². The van der Waals surface area contributed by atoms with E-state index in [1.807, 2.05) is 72.4 Å². The molecule has 0 saturated carbocycles. The van der Waals surface area contributed by atoms with E-state index in [1.54, 1.807) is 12.1 Å². The van der Waals surface area contributed by atoms with E-state index in [4.69, 9.17) is 0 Å². The van der Waals surface area contributed by atoms with Crippen LogP contribution in [0.3, 0.4) is 0 Å². The third-order valence-corrected chi connectivity index (χ3v) is 4.46. The van der Waals surface area contributed by atoms with Crippen LogP contribution in [0.25, 0.3) is 11.3 Å². The molecule has 3 heterocycles. The van der Waals surface area contributed by atoms with Gasteiger partial charge < -0.3 is 5.32 Å². The minimum Gasteiger partial charge on any atom is -0.342 e. The maximum Gasteiger partial charge on any atom is 0.251 e. The van der Waals surface area contributed by atoms with E-state index in [2.05, 4.69) is 20.6 Å². The van der Waals surface area contributed by atoms with Crippen molar-refractivity contribution in [2.45, 2.75) is 26.8 Å². The molecular weight excluding hydrogens is 340 g/mol. The average Bonchev–Trinajstić information content (AvgIpc) is 3.24. The zero-order valence-corrected chi connectivity index (χ0v) is 15.4. The van der Waals surface area contributed by atoms with Gasteiger partial charge in [-0.1, -0.05) is 6.07 Å². The second kappa shape index (κ2) is 6.68. The lowest BCUT2D eigenvalue weighted by Crippen LogP contribution is -2.28. The van der Waals surface area contributed by atoms with Crippen molar-refractivity contribution in [3.05, 3.63) is 77.5 Å². The Morgan fingerprint density at radius 2 is 1.85 bits per heavy atom. The van der Waals surface area contributed by atoms with Gasteiger partial charge in [-0.15, -0.1) is 10.2 Å². The number of fused-ring (bicyclic) bond motifs is 1. The standard InChI is InChI=1S/C20H20N6O/c1-13-12-14(2)26(24-13)17-9-7-16(8-10-17)20(27)21-15(3)19-23-22-18-6-4-5-11-25(18)19/h4-12,15H,1-3H3,(H,21,27). The highest BCUT2D eigenvalue weighted by Crippen LogP contribution is 2.15. The van der Waals surface area contributed by atoms with Crippen molar-refractivity contribution in [3.8, 4) is 5.69 Å². The van der Waals surface area contributed by atoms with E-state index in [-0.39, 0.29) is 11.9 Å². The molecule has 27 heavy (non-hydrogen) atoms. The molecule has 0 bridgehead atoms. The molecule has 0 saturated heterocycles. The molecule has 0 aliphatic heterocycles. The molecule has 136 valence electrons. The molecule has 1 amide bonds. The molecule has 1 N–H and O–H groups in total. The van der Waals surface area contributed by atoms with E-state index < -0.39 is 0 Å². The first kappa shape index (κ1) is 17.0. The maximum atomic E-state index is 12.6. The quantitative estimate of drug-likeness (QED) is 0.607. The van der Waals surface area contributed by atoms with E-state index in [0.717, 1.165) is 22.7 Å². The molecule has 4 aromatic rings. The Bertz CT molecular complexity index is 1110. The van der Waals surface area contributed by atoms with Crippen LogP contribution in [0.4, 0.5) is 0 Å². The number of hydrogen-bond acceptors (Lipinski definition) is 4. The first-order valence-electron chi connectivity index (χ1n) is 8.77. The Kier molecular flexibility index (Phi) is 4.19. The predicted octanol–water partition coefficient (Wildman–Crippen LogP) is 3.02. The van der Waals surface area contributed by atoms with Gasteiger partial charge in [0, 0.05) is 17.5 Å². The summed E-state index contributed by atoms with van der Waals surface area (Å²) in [6, 6.07) is 14.8. The van der Waals surface area contributed by atoms with Crippen LogP contribution in [0, 0.1) is 13.8 Å². The monoisotopic (exact) mass is 360 g/mol. The van der Waals surface area contributed by atoms with Crippen LogP contribution >= 0.6 is 0 Å². The van der Waals surface area contributed by atoms with Gasteiger partial charge in [-0.05, 0) is 63.2 Å². The van der Waals surface area contributed by atoms with Gasteiger partial charge in [0.1, 0.15) is 0 Å². The van der Waals surface area contributed by atoms with Crippen molar-refractivity contribution < 1.29 is 4.79 Å². The second-order valence-electron chi connectivity index (χ2n) is 6.57. The molecule has 3 aromatic heterocycles. The number of hydrogen-bond donors (Lipinski definition) is 1. The Labute approximate surface area is 156 Å². The Morgan fingerprint density at radius 3 is 2.56 bits per heavy atom. The van der Waals surface area contributed by atoms with Crippen LogP contribution in [0.2, 0.25) is 0 Å². The summed E-state index contributed by atoms with van der Waals surface area (Å²) in [6.07, 6.45) is 1.89. The number of aryl methyl sites for hydroxylation is 2. The van der Waals surface area contributed by atoms with Crippen LogP contribution in [0.1, 0.15) is 40.5 Å². The summed E-state index contributed by atoms with van der Waals surface area (Å²) in [5.74, 6) is 0.535. The molecule has 7 nitrogen and oxygen atoms in total. The van der Waals surface area contributed by atoms with Gasteiger partial charge in [-0.25, -0.2) is 4.68 Å². The highest BCUT2D eigenvalue weighted by Gasteiger charge is 2.16. The number of amides is 1. The van der Waals surface area contributed by atoms with Crippen LogP contribution in [-0.4, -0.2) is 30.3 Å². The third-order valence-electron chi connectivity index (χ3n) is 4.46. The molecule has 4 rings (SSSR count). The number of nitrogens with one attached hydrogen (secondary N) is 1. The maximum absolute atomic E-state index is 12.6. The van der Waals surface area contributed by atoms with Crippen LogP contribution < -0.4 is 5.32 Å². The van der Waals surface area contributed by atoms with Gasteiger partial charge in [0.25, 0.3) is 5.91 Å². The first-order valence-corrected chi connectivity index (χ1v) is 8.77. The molecule has 0 aliphatic rings. The number of benzene rings is 1. The molecule has 1 aromatic carbocycles. The summed E-state index contributed by atoms with van der Waals surface area (Å²) in [5.41, 5.74) is 4.28. The largest absolute Gasteiger partial charge is 0.342 e. The van der Waals surface area contributed by atoms with Crippen LogP contribution in [0.15, 0.2) is 54.7 Å². The summed E-state index contributed by atoms with van der Waals surface area (Å²) in [6.45, 7) is 5.86. The van der Waals surface area contributed by atoms with Gasteiger partial charge in [0.05, 0.1) is 17.4 Å². The summed E-state index contributed by atoms with van der Waals surface area (Å²) in [4.78, 5) is 12.6. The second-order valence-corrected chi connectivity index (χ2v) is 6.57. The van der Waals surface area contributed by atoms with E-state index in [0.29, 0.717) is 11.4 Å². The minimum absolute atomic E-state index is 0.157. The highest BCUT2D eigenvalue weighted by molar-refractivity contribution is 5.94. The summed E-state index contributed by atoms with van der Waals surface area (Å²) >= 11 is 0. The smallest absolute Gasteiger partial charge is 0.251 e. The number of carbonyl (C=O) groups excluding carboxylic acids is 1. The topological polar surface area (TPSA) is 77.1 Å². The van der Waals surface area contributed by atoms with E-state index >= 15 is 0 Å². The normalized spacial score (nSPS) is 12.3. The number of aromatic nitrogens is 5. The third kappa shape index (κ3) is 3.19. The molecule has 1 atom stereocenters. The van der Waals surface area contributed by atoms with Crippen molar-refractivity contribution in [1.82, 2.24) is 29.7 Å². The number of carbonyl (C=O) groups is 1. The summed E-state index contributed by atoms with van der Waals surface area (Å²) < 4.78 is 3.73. The zero-order valence-electron chi connectivity index (χ0n) is 15.4. The summed E-state index contributed by atoms with van der Waals surface area (Å²) in [7, 11) is 0. The molecule has 1 unspecified atom stereocenters. The molecule has 0 fully saturated rings. The zero-order chi connectivity index (χ0) is 19.0. The Morgan fingerprint density at radius 1 is 1.07 bits per heavy atom. The summed E-state index contributed by atoms with van der Waals surface area (Å²) in [5, 5.41) is 15.8. The Balaban J connectivity index is 1.52. The van der Waals surface area contributed by atoms with E-state index in [1.165, 1.54) is 0 Å². The lowest BCUT2D eigenvalue weighted by molar-refractivity contribution is 0.0938. The molecule has 7 heteroatoms. The number of nitrogens with zero attached hydrogens (tertiary/aromatic N) is 5. The minimum atomic E-state index is -0.273. The number of pyridine rings is 1. The van der Waals surface area contributed by atoms with Gasteiger partial charge in [0.2, 0.25) is 0 Å². The average molecular weight is 360 g/mol. The highest BCUT2D eigenvalue weighted by atomic mass is 16.1. The van der Waals surface area contributed by atoms with Gasteiger partial charge in [-0.2, -0.15) is 5.10 Å². The predicted molar refractivity (Wildman–Crippen MR) is 102 cm³/mol. The lowest BCUT2D eigenvalue weighted by Gasteiger charge is -2.13. The van der Waals surface area contributed by atoms with Gasteiger partial charge in [0.15, 0.2) is 11.5 Å². The van der Waals surface area contributed by atoms with Gasteiger partial charge in [-0.3, -0.25) is 9.20 Å². The fourth-order valence-electron chi connectivity index (χ4n) is 3.14. The Hall–Kier alpha value is -3.48. The van der Waals surface area contributed by atoms with E-state index in [9.17, 15) is 4.79 Å². The first-order chi connectivity index (χ1) is 13.0. The molecule has 0 spiro atoms. The van der Waals surface area contributed by atoms with Crippen molar-refractivity contribution in [2.75, 3.05) is 0 Å². The number of rotatable bonds is 4. The van der Waals surface area contributed by atoms with Crippen LogP contribution in [-0.2, 0) is 0 Å². The van der Waals surface area contributed by atoms with Crippen molar-refractivity contribution in [3.63, 3.8) is 0 Å². The van der Waals surface area contributed by atoms with Crippen molar-refractivity contribution in [2.24, 2.45) is 0 Å². The fourth-order valence-corrected chi connectivity index (χ4v) is 3.14. The molecule has 0 radical (unpaired) electrons. The van der Waals surface area contributed by atoms with Crippen molar-refractivity contribution in [1.29, 1.82) is 0 Å². The molecule has 0 aliphatic carbocycles. The SMILES string of the molecule is Cc1cc(C)n(-c2ccc(C(=O)NC(C)c3nnc4ccccn34)cc2)n1. The molecular formula is C20H20N6O. The fraction of sp³-hybridized carbons (Fsp3) is 0.200.